The first-order valence-electron chi connectivity index (χ1n) is 5.25. The number of nitrogens with zero attached hydrogens (tertiary/aromatic N) is 2. The van der Waals surface area contributed by atoms with Crippen molar-refractivity contribution >= 4 is 5.69 Å². The summed E-state index contributed by atoms with van der Waals surface area (Å²) in [6.07, 6.45) is 1.45. The van der Waals surface area contributed by atoms with Gasteiger partial charge in [0.25, 0.3) is 0 Å². The number of halogens is 1. The zero-order chi connectivity index (χ0) is 11.8. The highest BCUT2D eigenvalue weighted by molar-refractivity contribution is 5.40. The third-order valence-corrected chi connectivity index (χ3v) is 2.23. The fourth-order valence-electron chi connectivity index (χ4n) is 1.26. The first-order valence-corrected chi connectivity index (χ1v) is 5.25. The molecule has 0 aromatic carbocycles. The molecule has 0 radical (unpaired) electrons. The summed E-state index contributed by atoms with van der Waals surface area (Å²) < 4.78 is 17.7. The minimum atomic E-state index is -0.460. The molecule has 5 heteroatoms. The average Bonchev–Trinajstić information content (AvgIpc) is 2.26. The number of likely N-dealkylation sites (N-methyl/N-ethyl adjacent to an activating group) is 1. The van der Waals surface area contributed by atoms with E-state index in [4.69, 9.17) is 4.74 Å². The minimum Gasteiger partial charge on any atom is -0.384 e. The van der Waals surface area contributed by atoms with Gasteiger partial charge in [-0.1, -0.05) is 0 Å². The van der Waals surface area contributed by atoms with Crippen molar-refractivity contribution in [2.24, 2.45) is 0 Å². The Balaban J connectivity index is 2.20. The molecule has 1 aromatic rings. The SMILES string of the molecule is COCCN(C)CCNc1ccnc(F)c1. The molecule has 1 aromatic heterocycles. The maximum Gasteiger partial charge on any atom is 0.214 e. The van der Waals surface area contributed by atoms with Crippen molar-refractivity contribution in [3.8, 4) is 0 Å². The van der Waals surface area contributed by atoms with Gasteiger partial charge in [0.2, 0.25) is 5.95 Å². The van der Waals surface area contributed by atoms with Crippen LogP contribution in [0.3, 0.4) is 0 Å². The van der Waals surface area contributed by atoms with Gasteiger partial charge in [-0.15, -0.1) is 0 Å². The second-order valence-electron chi connectivity index (χ2n) is 3.59. The van der Waals surface area contributed by atoms with Gasteiger partial charge in [0.1, 0.15) is 0 Å². The van der Waals surface area contributed by atoms with Gasteiger partial charge in [-0.2, -0.15) is 4.39 Å². The minimum absolute atomic E-state index is 0.460. The number of hydrogen-bond acceptors (Lipinski definition) is 4. The molecule has 90 valence electrons. The molecular weight excluding hydrogens is 209 g/mol. The van der Waals surface area contributed by atoms with E-state index in [1.165, 1.54) is 12.3 Å². The summed E-state index contributed by atoms with van der Waals surface area (Å²) in [6.45, 7) is 3.26. The van der Waals surface area contributed by atoms with E-state index in [0.29, 0.717) is 0 Å². The number of aromatic nitrogens is 1. The highest BCUT2D eigenvalue weighted by Crippen LogP contribution is 2.05. The zero-order valence-corrected chi connectivity index (χ0v) is 9.74. The zero-order valence-electron chi connectivity index (χ0n) is 9.74. The summed E-state index contributed by atoms with van der Waals surface area (Å²) in [5, 5.41) is 3.13. The lowest BCUT2D eigenvalue weighted by Crippen LogP contribution is -2.28. The van der Waals surface area contributed by atoms with Crippen LogP contribution in [-0.4, -0.2) is 50.3 Å². The van der Waals surface area contributed by atoms with Gasteiger partial charge in [0, 0.05) is 44.7 Å². The molecule has 0 unspecified atom stereocenters. The summed E-state index contributed by atoms with van der Waals surface area (Å²) in [7, 11) is 3.71. The van der Waals surface area contributed by atoms with Crippen molar-refractivity contribution in [2.45, 2.75) is 0 Å². The lowest BCUT2D eigenvalue weighted by atomic mass is 10.4. The molecule has 0 amide bonds. The van der Waals surface area contributed by atoms with Crippen LogP contribution in [0.25, 0.3) is 0 Å². The Morgan fingerprint density at radius 2 is 2.31 bits per heavy atom. The second kappa shape index (κ2) is 7.14. The number of hydrogen-bond donors (Lipinski definition) is 1. The van der Waals surface area contributed by atoms with E-state index in [1.54, 1.807) is 13.2 Å². The molecule has 1 rings (SSSR count). The van der Waals surface area contributed by atoms with Crippen molar-refractivity contribution < 1.29 is 9.13 Å². The molecule has 0 atom stereocenters. The number of rotatable bonds is 7. The van der Waals surface area contributed by atoms with Gasteiger partial charge in [-0.3, -0.25) is 0 Å². The Labute approximate surface area is 95.4 Å². The highest BCUT2D eigenvalue weighted by Gasteiger charge is 1.98. The van der Waals surface area contributed by atoms with Crippen LogP contribution in [0.2, 0.25) is 0 Å². The van der Waals surface area contributed by atoms with Crippen LogP contribution in [0, 0.1) is 5.95 Å². The molecule has 0 bridgehead atoms. The summed E-state index contributed by atoms with van der Waals surface area (Å²) in [6, 6.07) is 3.13. The lowest BCUT2D eigenvalue weighted by molar-refractivity contribution is 0.163. The largest absolute Gasteiger partial charge is 0.384 e. The number of ether oxygens (including phenoxy) is 1. The van der Waals surface area contributed by atoms with Crippen LogP contribution < -0.4 is 5.32 Å². The van der Waals surface area contributed by atoms with E-state index in [1.807, 2.05) is 7.05 Å². The fraction of sp³-hybridized carbons (Fsp3) is 0.545. The number of pyridine rings is 1. The highest BCUT2D eigenvalue weighted by atomic mass is 19.1. The Hall–Kier alpha value is -1.20. The standard InChI is InChI=1S/C11H18FN3O/c1-15(7-8-16-2)6-5-13-10-3-4-14-11(12)9-10/h3-4,9H,5-8H2,1-2H3,(H,13,14). The van der Waals surface area contributed by atoms with Crippen LogP contribution in [0.1, 0.15) is 0 Å². The van der Waals surface area contributed by atoms with Crippen LogP contribution in [0.15, 0.2) is 18.3 Å². The first-order chi connectivity index (χ1) is 7.72. The molecule has 0 aliphatic rings. The summed E-state index contributed by atoms with van der Waals surface area (Å²) in [4.78, 5) is 5.64. The molecule has 1 heterocycles. The third kappa shape index (κ3) is 5.04. The Morgan fingerprint density at radius 3 is 3.00 bits per heavy atom. The van der Waals surface area contributed by atoms with Gasteiger partial charge < -0.3 is 15.0 Å². The molecule has 4 nitrogen and oxygen atoms in total. The van der Waals surface area contributed by atoms with E-state index in [9.17, 15) is 4.39 Å². The van der Waals surface area contributed by atoms with Gasteiger partial charge >= 0.3 is 0 Å². The summed E-state index contributed by atoms with van der Waals surface area (Å²) in [5.74, 6) is -0.460. The number of anilines is 1. The van der Waals surface area contributed by atoms with E-state index in [2.05, 4.69) is 15.2 Å². The molecule has 0 spiro atoms. The average molecular weight is 227 g/mol. The Morgan fingerprint density at radius 1 is 1.50 bits per heavy atom. The van der Waals surface area contributed by atoms with Gasteiger partial charge in [-0.25, -0.2) is 4.98 Å². The second-order valence-corrected chi connectivity index (χ2v) is 3.59. The molecule has 0 aliphatic heterocycles. The molecule has 16 heavy (non-hydrogen) atoms. The van der Waals surface area contributed by atoms with Crippen LogP contribution in [-0.2, 0) is 4.74 Å². The smallest absolute Gasteiger partial charge is 0.214 e. The molecule has 0 saturated carbocycles. The molecule has 0 saturated heterocycles. The van der Waals surface area contributed by atoms with Crippen LogP contribution in [0.5, 0.6) is 0 Å². The molecular formula is C11H18FN3O. The number of nitrogens with one attached hydrogen (secondary N) is 1. The van der Waals surface area contributed by atoms with E-state index < -0.39 is 5.95 Å². The predicted octanol–water partition coefficient (Wildman–Crippen LogP) is 1.21. The summed E-state index contributed by atoms with van der Waals surface area (Å²) >= 11 is 0. The Kier molecular flexibility index (Phi) is 5.74. The lowest BCUT2D eigenvalue weighted by Gasteiger charge is -2.16. The van der Waals surface area contributed by atoms with E-state index in [-0.39, 0.29) is 0 Å². The normalized spacial score (nSPS) is 10.8. The van der Waals surface area contributed by atoms with Gasteiger partial charge in [0.15, 0.2) is 0 Å². The topological polar surface area (TPSA) is 37.4 Å². The third-order valence-electron chi connectivity index (χ3n) is 2.23. The van der Waals surface area contributed by atoms with Gasteiger partial charge in [0.05, 0.1) is 6.61 Å². The molecule has 0 aliphatic carbocycles. The van der Waals surface area contributed by atoms with Crippen LogP contribution >= 0.6 is 0 Å². The molecule has 1 N–H and O–H groups in total. The molecule has 0 fully saturated rings. The monoisotopic (exact) mass is 227 g/mol. The fourth-order valence-corrected chi connectivity index (χ4v) is 1.26. The van der Waals surface area contributed by atoms with E-state index in [0.717, 1.165) is 31.9 Å². The van der Waals surface area contributed by atoms with Crippen molar-refractivity contribution in [3.05, 3.63) is 24.3 Å². The van der Waals surface area contributed by atoms with Crippen molar-refractivity contribution in [3.63, 3.8) is 0 Å². The quantitative estimate of drug-likeness (QED) is 0.710. The van der Waals surface area contributed by atoms with Crippen molar-refractivity contribution in [1.29, 1.82) is 0 Å². The number of methoxy groups -OCH3 is 1. The van der Waals surface area contributed by atoms with Crippen LogP contribution in [0.4, 0.5) is 10.1 Å². The first kappa shape index (κ1) is 12.9. The Bertz CT molecular complexity index is 309. The predicted molar refractivity (Wildman–Crippen MR) is 62.1 cm³/mol. The summed E-state index contributed by atoms with van der Waals surface area (Å²) in [5.41, 5.74) is 0.757. The van der Waals surface area contributed by atoms with E-state index >= 15 is 0 Å². The van der Waals surface area contributed by atoms with Crippen molar-refractivity contribution in [2.75, 3.05) is 45.7 Å². The maximum atomic E-state index is 12.7. The van der Waals surface area contributed by atoms with Gasteiger partial charge in [-0.05, 0) is 13.1 Å². The maximum absolute atomic E-state index is 12.7. The van der Waals surface area contributed by atoms with Crippen molar-refractivity contribution in [1.82, 2.24) is 9.88 Å².